The predicted octanol–water partition coefficient (Wildman–Crippen LogP) is 0.0880. The van der Waals surface area contributed by atoms with E-state index in [-0.39, 0.29) is 18.9 Å². The van der Waals surface area contributed by atoms with E-state index < -0.39 is 15.3 Å². The molecule has 4 atom stereocenters. The van der Waals surface area contributed by atoms with Gasteiger partial charge in [-0.1, -0.05) is 12.2 Å². The number of likely N-dealkylation sites (tertiary alicyclic amines) is 1. The molecule has 3 aliphatic rings. The zero-order valence-corrected chi connectivity index (χ0v) is 11.0. The first-order valence-electron chi connectivity index (χ1n) is 6.41. The van der Waals surface area contributed by atoms with Gasteiger partial charge < -0.3 is 4.90 Å². The highest BCUT2D eigenvalue weighted by molar-refractivity contribution is 7.89. The third kappa shape index (κ3) is 2.07. The fourth-order valence-corrected chi connectivity index (χ4v) is 4.28. The second kappa shape index (κ2) is 4.06. The lowest BCUT2D eigenvalue weighted by Crippen LogP contribution is -2.35. The third-order valence-corrected chi connectivity index (χ3v) is 5.76. The van der Waals surface area contributed by atoms with Crippen LogP contribution in [-0.2, 0) is 14.8 Å². The van der Waals surface area contributed by atoms with Crippen molar-refractivity contribution in [3.63, 3.8) is 0 Å². The van der Waals surface area contributed by atoms with Crippen LogP contribution in [0.15, 0.2) is 12.2 Å². The molecule has 100 valence electrons. The topological polar surface area (TPSA) is 80.5 Å². The van der Waals surface area contributed by atoms with Crippen LogP contribution in [0.3, 0.4) is 0 Å². The SMILES string of the molecule is NS(=O)(=O)C1CC(=O)N(CC2CC3C=CC2C3)C1. The van der Waals surface area contributed by atoms with Crippen molar-refractivity contribution in [2.45, 2.75) is 24.5 Å². The number of rotatable bonds is 3. The number of amides is 1. The summed E-state index contributed by atoms with van der Waals surface area (Å²) in [7, 11) is -3.59. The van der Waals surface area contributed by atoms with E-state index in [1.807, 2.05) is 0 Å². The zero-order valence-electron chi connectivity index (χ0n) is 10.2. The van der Waals surface area contributed by atoms with Gasteiger partial charge in [-0.05, 0) is 30.6 Å². The van der Waals surface area contributed by atoms with Gasteiger partial charge in [-0.2, -0.15) is 0 Å². The van der Waals surface area contributed by atoms with Crippen molar-refractivity contribution >= 4 is 15.9 Å². The Hall–Kier alpha value is -0.880. The largest absolute Gasteiger partial charge is 0.341 e. The van der Waals surface area contributed by atoms with E-state index in [0.717, 1.165) is 6.42 Å². The zero-order chi connectivity index (χ0) is 12.9. The third-order valence-electron chi connectivity index (χ3n) is 4.51. The summed E-state index contributed by atoms with van der Waals surface area (Å²) in [4.78, 5) is 13.5. The quantitative estimate of drug-likeness (QED) is 0.738. The van der Waals surface area contributed by atoms with Gasteiger partial charge in [-0.3, -0.25) is 4.79 Å². The smallest absolute Gasteiger partial charge is 0.224 e. The van der Waals surface area contributed by atoms with Gasteiger partial charge in [-0.25, -0.2) is 13.6 Å². The van der Waals surface area contributed by atoms with Crippen LogP contribution in [0.5, 0.6) is 0 Å². The number of primary sulfonamides is 1. The van der Waals surface area contributed by atoms with Crippen LogP contribution in [0.4, 0.5) is 0 Å². The van der Waals surface area contributed by atoms with Crippen molar-refractivity contribution in [2.75, 3.05) is 13.1 Å². The van der Waals surface area contributed by atoms with Crippen molar-refractivity contribution in [1.82, 2.24) is 4.90 Å². The maximum absolute atomic E-state index is 11.8. The molecule has 1 saturated heterocycles. The number of hydrogen-bond donors (Lipinski definition) is 1. The molecule has 1 saturated carbocycles. The van der Waals surface area contributed by atoms with Crippen LogP contribution < -0.4 is 5.14 Å². The molecule has 0 radical (unpaired) electrons. The Morgan fingerprint density at radius 2 is 2.11 bits per heavy atom. The van der Waals surface area contributed by atoms with Crippen molar-refractivity contribution in [2.24, 2.45) is 22.9 Å². The summed E-state index contributed by atoms with van der Waals surface area (Å²) < 4.78 is 22.6. The maximum atomic E-state index is 11.8. The molecule has 1 aliphatic heterocycles. The van der Waals surface area contributed by atoms with E-state index in [2.05, 4.69) is 12.2 Å². The molecule has 2 bridgehead atoms. The van der Waals surface area contributed by atoms with Crippen LogP contribution in [0.2, 0.25) is 0 Å². The number of allylic oxidation sites excluding steroid dienone is 2. The van der Waals surface area contributed by atoms with E-state index >= 15 is 0 Å². The minimum Gasteiger partial charge on any atom is -0.341 e. The van der Waals surface area contributed by atoms with Crippen LogP contribution in [0, 0.1) is 17.8 Å². The Bertz CT molecular complexity index is 499. The highest BCUT2D eigenvalue weighted by Gasteiger charge is 2.41. The van der Waals surface area contributed by atoms with Crippen molar-refractivity contribution in [1.29, 1.82) is 0 Å². The number of nitrogens with zero attached hydrogens (tertiary/aromatic N) is 1. The molecule has 0 aromatic rings. The van der Waals surface area contributed by atoms with E-state index in [4.69, 9.17) is 5.14 Å². The minimum atomic E-state index is -3.59. The Balaban J connectivity index is 1.64. The average Bonchev–Trinajstić information content (AvgIpc) is 2.93. The number of nitrogens with two attached hydrogens (primary N) is 1. The summed E-state index contributed by atoms with van der Waals surface area (Å²) in [5.41, 5.74) is 0. The molecule has 4 unspecified atom stereocenters. The van der Waals surface area contributed by atoms with Crippen LogP contribution in [0.1, 0.15) is 19.3 Å². The summed E-state index contributed by atoms with van der Waals surface area (Å²) in [5.74, 6) is 1.69. The Morgan fingerprint density at radius 1 is 1.33 bits per heavy atom. The molecule has 18 heavy (non-hydrogen) atoms. The number of sulfonamides is 1. The summed E-state index contributed by atoms with van der Waals surface area (Å²) in [6.07, 6.45) is 6.89. The molecule has 2 aliphatic carbocycles. The van der Waals surface area contributed by atoms with Crippen molar-refractivity contribution in [3.8, 4) is 0 Å². The number of carbonyl (C=O) groups is 1. The molecule has 0 spiro atoms. The number of hydrogen-bond acceptors (Lipinski definition) is 3. The average molecular weight is 270 g/mol. The fraction of sp³-hybridized carbons (Fsp3) is 0.750. The van der Waals surface area contributed by atoms with Gasteiger partial charge in [0.05, 0.1) is 0 Å². The Morgan fingerprint density at radius 3 is 2.61 bits per heavy atom. The molecule has 3 rings (SSSR count). The predicted molar refractivity (Wildman–Crippen MR) is 66.9 cm³/mol. The second-order valence-corrected chi connectivity index (χ2v) is 7.60. The minimum absolute atomic E-state index is 0.0511. The maximum Gasteiger partial charge on any atom is 0.224 e. The van der Waals surface area contributed by atoms with E-state index in [9.17, 15) is 13.2 Å². The molecule has 0 aromatic heterocycles. The van der Waals surface area contributed by atoms with Gasteiger partial charge in [0.1, 0.15) is 5.25 Å². The monoisotopic (exact) mass is 270 g/mol. The van der Waals surface area contributed by atoms with Gasteiger partial charge in [0.2, 0.25) is 15.9 Å². The van der Waals surface area contributed by atoms with Crippen LogP contribution in [-0.4, -0.2) is 37.6 Å². The summed E-state index contributed by atoms with van der Waals surface area (Å²) in [5, 5.41) is 4.41. The van der Waals surface area contributed by atoms with Gasteiger partial charge in [0.25, 0.3) is 0 Å². The lowest BCUT2D eigenvalue weighted by Gasteiger charge is -2.25. The second-order valence-electron chi connectivity index (χ2n) is 5.75. The molecule has 1 amide bonds. The van der Waals surface area contributed by atoms with Crippen molar-refractivity contribution < 1.29 is 13.2 Å². The number of fused-ring (bicyclic) bond motifs is 2. The normalized spacial score (nSPS) is 38.9. The van der Waals surface area contributed by atoms with Crippen LogP contribution in [0.25, 0.3) is 0 Å². The standard InChI is InChI=1S/C12H18N2O3S/c13-18(16,17)11-5-12(15)14(7-11)6-10-4-8-1-2-9(10)3-8/h1-2,8-11H,3-7H2,(H2,13,16,17). The summed E-state index contributed by atoms with van der Waals surface area (Å²) in [6, 6.07) is 0. The summed E-state index contributed by atoms with van der Waals surface area (Å²) in [6.45, 7) is 0.964. The lowest BCUT2D eigenvalue weighted by atomic mass is 9.93. The van der Waals surface area contributed by atoms with E-state index in [1.165, 1.54) is 6.42 Å². The first kappa shape index (κ1) is 12.2. The molecule has 5 nitrogen and oxygen atoms in total. The molecular weight excluding hydrogens is 252 g/mol. The van der Waals surface area contributed by atoms with Crippen molar-refractivity contribution in [3.05, 3.63) is 12.2 Å². The first-order valence-corrected chi connectivity index (χ1v) is 8.02. The van der Waals surface area contributed by atoms with E-state index in [0.29, 0.717) is 24.3 Å². The Labute approximate surface area is 107 Å². The first-order chi connectivity index (χ1) is 8.43. The Kier molecular flexibility index (Phi) is 2.75. The van der Waals surface area contributed by atoms with E-state index in [1.54, 1.807) is 4.90 Å². The van der Waals surface area contributed by atoms with Gasteiger partial charge in [0, 0.05) is 19.5 Å². The molecule has 1 heterocycles. The molecule has 2 N–H and O–H groups in total. The number of carbonyl (C=O) groups excluding carboxylic acids is 1. The van der Waals surface area contributed by atoms with Gasteiger partial charge >= 0.3 is 0 Å². The highest BCUT2D eigenvalue weighted by Crippen LogP contribution is 2.44. The molecule has 2 fully saturated rings. The van der Waals surface area contributed by atoms with Gasteiger partial charge in [0.15, 0.2) is 0 Å². The molecule has 6 heteroatoms. The highest BCUT2D eigenvalue weighted by atomic mass is 32.2. The summed E-state index contributed by atoms with van der Waals surface area (Å²) >= 11 is 0. The molecule has 0 aromatic carbocycles. The lowest BCUT2D eigenvalue weighted by molar-refractivity contribution is -0.128. The van der Waals surface area contributed by atoms with Crippen LogP contribution >= 0.6 is 0 Å². The molecular formula is C12H18N2O3S. The van der Waals surface area contributed by atoms with Gasteiger partial charge in [-0.15, -0.1) is 0 Å². The fourth-order valence-electron chi connectivity index (χ4n) is 3.52.